The quantitative estimate of drug-likeness (QED) is 0.177. The van der Waals surface area contributed by atoms with Crippen LogP contribution in [0.4, 0.5) is 5.69 Å². The lowest BCUT2D eigenvalue weighted by atomic mass is 10.1. The zero-order chi connectivity index (χ0) is 32.8. The predicted molar refractivity (Wildman–Crippen MR) is 152 cm³/mol. The average Bonchev–Trinajstić information content (AvgIpc) is 3.07. The standard InChI is InChI=1S/C27H32N6O12/c1-41-19-7-6-17(22(42-2)23(19)43-3)14-31-10-8-30(9-11-31)13-16-5-4-15(12-18(16)33(39)40)24(36)32-27(28)29-44-25(37)20(34)21(35)26(38)45-32/h4-7,12,20-21,34-35H,8-11,13-14H2,1-3H3,(H2,28,29). The zero-order valence-electron chi connectivity index (χ0n) is 24.6. The average molecular weight is 633 g/mol. The van der Waals surface area contributed by atoms with Gasteiger partial charge in [-0.25, -0.2) is 9.59 Å². The smallest absolute Gasteiger partial charge is 0.366 e. The number of methoxy groups -OCH3 is 3. The number of hydrogen-bond acceptors (Lipinski definition) is 16. The van der Waals surface area contributed by atoms with E-state index in [4.69, 9.17) is 24.8 Å². The van der Waals surface area contributed by atoms with Gasteiger partial charge in [0.25, 0.3) is 17.6 Å². The van der Waals surface area contributed by atoms with Gasteiger partial charge >= 0.3 is 11.9 Å². The molecule has 0 radical (unpaired) electrons. The Morgan fingerprint density at radius 1 is 0.956 bits per heavy atom. The van der Waals surface area contributed by atoms with Crippen LogP contribution in [0.5, 0.6) is 17.2 Å². The Bertz CT molecular complexity index is 1490. The Morgan fingerprint density at radius 2 is 1.53 bits per heavy atom. The van der Waals surface area contributed by atoms with E-state index in [1.807, 2.05) is 17.0 Å². The number of amides is 1. The lowest BCUT2D eigenvalue weighted by Crippen LogP contribution is -2.47. The van der Waals surface area contributed by atoms with E-state index in [1.165, 1.54) is 19.2 Å². The van der Waals surface area contributed by atoms with Crippen molar-refractivity contribution >= 4 is 29.5 Å². The summed E-state index contributed by atoms with van der Waals surface area (Å²) >= 11 is 0. The summed E-state index contributed by atoms with van der Waals surface area (Å²) in [5.41, 5.74) is 6.12. The fourth-order valence-corrected chi connectivity index (χ4v) is 4.77. The second-order valence-corrected chi connectivity index (χ2v) is 9.91. The van der Waals surface area contributed by atoms with E-state index in [0.29, 0.717) is 55.5 Å². The largest absolute Gasteiger partial charge is 0.493 e. The van der Waals surface area contributed by atoms with Crippen LogP contribution < -0.4 is 19.9 Å². The van der Waals surface area contributed by atoms with Crippen molar-refractivity contribution in [2.24, 2.45) is 10.9 Å². The number of benzene rings is 2. The van der Waals surface area contributed by atoms with E-state index in [9.17, 15) is 34.7 Å². The van der Waals surface area contributed by atoms with Crippen molar-refractivity contribution in [1.82, 2.24) is 14.9 Å². The number of nitrogens with zero attached hydrogens (tertiary/aromatic N) is 5. The number of nitro groups is 1. The summed E-state index contributed by atoms with van der Waals surface area (Å²) in [5, 5.41) is 34.6. The monoisotopic (exact) mass is 632 g/mol. The van der Waals surface area contributed by atoms with Crippen molar-refractivity contribution < 1.29 is 53.4 Å². The number of nitrogens with two attached hydrogens (primary N) is 1. The summed E-state index contributed by atoms with van der Waals surface area (Å²) in [6.07, 6.45) is -4.78. The lowest BCUT2D eigenvalue weighted by molar-refractivity contribution is -0.385. The number of carbonyl (C=O) groups excluding carboxylic acids is 3. The molecule has 0 saturated carbocycles. The maximum absolute atomic E-state index is 13.1. The molecule has 45 heavy (non-hydrogen) atoms. The summed E-state index contributed by atoms with van der Waals surface area (Å²) in [5.74, 6) is -3.66. The first-order valence-corrected chi connectivity index (χ1v) is 13.5. The number of hydrogen-bond donors (Lipinski definition) is 3. The Morgan fingerprint density at radius 3 is 2.11 bits per heavy atom. The van der Waals surface area contributed by atoms with Gasteiger partial charge in [-0.15, -0.1) is 0 Å². The first-order chi connectivity index (χ1) is 21.5. The highest BCUT2D eigenvalue weighted by atomic mass is 16.7. The van der Waals surface area contributed by atoms with E-state index in [-0.39, 0.29) is 22.9 Å². The molecule has 2 aliphatic rings. The molecule has 2 atom stereocenters. The number of aliphatic hydroxyl groups is 2. The van der Waals surface area contributed by atoms with Crippen molar-refractivity contribution in [2.75, 3.05) is 47.5 Å². The molecule has 0 aromatic heterocycles. The highest BCUT2D eigenvalue weighted by Crippen LogP contribution is 2.40. The highest BCUT2D eigenvalue weighted by molar-refractivity contribution is 6.05. The van der Waals surface area contributed by atoms with Gasteiger partial charge < -0.3 is 39.8 Å². The number of carbonyl (C=O) groups is 3. The number of hydroxylamine groups is 2. The van der Waals surface area contributed by atoms with E-state index in [2.05, 4.69) is 14.9 Å². The van der Waals surface area contributed by atoms with Crippen molar-refractivity contribution in [2.45, 2.75) is 25.3 Å². The summed E-state index contributed by atoms with van der Waals surface area (Å²) in [6, 6.07) is 7.34. The van der Waals surface area contributed by atoms with Crippen LogP contribution in [0.2, 0.25) is 0 Å². The third kappa shape index (κ3) is 7.20. The molecule has 1 amide bonds. The van der Waals surface area contributed by atoms with Gasteiger partial charge in [0.1, 0.15) is 0 Å². The van der Waals surface area contributed by atoms with Crippen LogP contribution in [0, 0.1) is 10.1 Å². The van der Waals surface area contributed by atoms with Crippen molar-refractivity contribution in [1.29, 1.82) is 0 Å². The maximum Gasteiger partial charge on any atom is 0.366 e. The molecule has 242 valence electrons. The Hall–Kier alpha value is -5.04. The van der Waals surface area contributed by atoms with Crippen molar-refractivity contribution in [3.05, 3.63) is 57.1 Å². The fraction of sp³-hybridized carbons (Fsp3) is 0.407. The number of oxime groups is 1. The molecular formula is C27H32N6O12. The van der Waals surface area contributed by atoms with Gasteiger partial charge in [0.05, 0.1) is 26.3 Å². The number of piperazine rings is 1. The Balaban J connectivity index is 1.45. The van der Waals surface area contributed by atoms with Crippen LogP contribution in [-0.4, -0.2) is 114 Å². The third-order valence-corrected chi connectivity index (χ3v) is 7.15. The first kappa shape index (κ1) is 32.9. The lowest BCUT2D eigenvalue weighted by Gasteiger charge is -2.35. The molecule has 2 aromatic carbocycles. The normalized spacial score (nSPS) is 20.9. The van der Waals surface area contributed by atoms with Gasteiger partial charge in [-0.2, -0.15) is 0 Å². The van der Waals surface area contributed by atoms with E-state index < -0.39 is 40.9 Å². The Kier molecular flexibility index (Phi) is 10.3. The van der Waals surface area contributed by atoms with Crippen LogP contribution in [0.3, 0.4) is 0 Å². The topological polar surface area (TPSA) is 229 Å². The second-order valence-electron chi connectivity index (χ2n) is 9.91. The molecule has 0 spiro atoms. The minimum atomic E-state index is -2.42. The van der Waals surface area contributed by atoms with Crippen molar-refractivity contribution in [3.63, 3.8) is 0 Å². The minimum Gasteiger partial charge on any atom is -0.493 e. The van der Waals surface area contributed by atoms with Gasteiger partial charge in [0, 0.05) is 62.0 Å². The molecule has 2 aliphatic heterocycles. The highest BCUT2D eigenvalue weighted by Gasteiger charge is 2.38. The van der Waals surface area contributed by atoms with E-state index in [0.717, 1.165) is 11.6 Å². The number of rotatable bonds is 9. The molecule has 2 unspecified atom stereocenters. The first-order valence-electron chi connectivity index (χ1n) is 13.5. The molecule has 1 saturated heterocycles. The summed E-state index contributed by atoms with van der Waals surface area (Å²) in [4.78, 5) is 61.5. The predicted octanol–water partition coefficient (Wildman–Crippen LogP) is -0.653. The summed E-state index contributed by atoms with van der Waals surface area (Å²) in [6.45, 7) is 3.30. The SMILES string of the molecule is COc1ccc(CN2CCN(Cc3ccc(C(=O)N4OC(=O)C(O)C(O)C(=O)O/N=C\4N)cc3[N+](=O)[O-])CC2)c(OC)c1OC. The molecule has 1 fully saturated rings. The zero-order valence-corrected chi connectivity index (χ0v) is 24.6. The Labute approximate surface area is 256 Å². The van der Waals surface area contributed by atoms with Crippen LogP contribution in [0.1, 0.15) is 21.5 Å². The van der Waals surface area contributed by atoms with E-state index in [1.54, 1.807) is 14.2 Å². The molecule has 0 bridgehead atoms. The minimum absolute atomic E-state index is 0.0855. The number of nitro benzene ring substituents is 1. The van der Waals surface area contributed by atoms with Crippen molar-refractivity contribution in [3.8, 4) is 17.2 Å². The molecule has 18 heteroatoms. The molecule has 2 aromatic rings. The van der Waals surface area contributed by atoms with Crippen LogP contribution in [0.25, 0.3) is 0 Å². The molecule has 0 aliphatic carbocycles. The molecular weight excluding hydrogens is 600 g/mol. The number of aliphatic hydroxyl groups excluding tert-OH is 2. The molecule has 2 heterocycles. The van der Waals surface area contributed by atoms with Crippen LogP contribution >= 0.6 is 0 Å². The van der Waals surface area contributed by atoms with Gasteiger partial charge in [-0.1, -0.05) is 17.2 Å². The van der Waals surface area contributed by atoms with Crippen LogP contribution in [0.15, 0.2) is 35.5 Å². The van der Waals surface area contributed by atoms with Gasteiger partial charge in [-0.05, 0) is 17.3 Å². The van der Waals surface area contributed by atoms with E-state index >= 15 is 0 Å². The van der Waals surface area contributed by atoms with Gasteiger partial charge in [-0.3, -0.25) is 24.7 Å². The summed E-state index contributed by atoms with van der Waals surface area (Å²) < 4.78 is 16.4. The van der Waals surface area contributed by atoms with Crippen LogP contribution in [-0.2, 0) is 32.4 Å². The second kappa shape index (κ2) is 14.2. The fourth-order valence-electron chi connectivity index (χ4n) is 4.77. The van der Waals surface area contributed by atoms with Gasteiger partial charge in [0.2, 0.25) is 5.75 Å². The number of guanidine groups is 1. The third-order valence-electron chi connectivity index (χ3n) is 7.15. The molecule has 4 rings (SSSR count). The summed E-state index contributed by atoms with van der Waals surface area (Å²) in [7, 11) is 4.64. The molecule has 4 N–H and O–H groups in total. The molecule has 18 nitrogen and oxygen atoms in total. The maximum atomic E-state index is 13.1. The number of ether oxygens (including phenoxy) is 3. The van der Waals surface area contributed by atoms with Gasteiger partial charge in [0.15, 0.2) is 23.7 Å².